The van der Waals surface area contributed by atoms with Crippen LogP contribution in [-0.2, 0) is 16.9 Å². The van der Waals surface area contributed by atoms with Crippen molar-refractivity contribution in [2.24, 2.45) is 0 Å². The van der Waals surface area contributed by atoms with E-state index in [0.717, 1.165) is 31.0 Å². The van der Waals surface area contributed by atoms with Crippen LogP contribution in [0, 0.1) is 12.7 Å². The molecule has 2 aromatic rings. The Bertz CT molecular complexity index is 1730. The Morgan fingerprint density at radius 3 is 2.26 bits per heavy atom. The molecule has 2 aromatic carbocycles. The Morgan fingerprint density at radius 1 is 1.05 bits per heavy atom. The first-order valence-electron chi connectivity index (χ1n) is 18.7. The highest BCUT2D eigenvalue weighted by atomic mass is 19.4. The molecule has 3 atom stereocenters. The van der Waals surface area contributed by atoms with Gasteiger partial charge in [0.05, 0.1) is 23.1 Å². The maximum atomic E-state index is 14.4. The van der Waals surface area contributed by atoms with Gasteiger partial charge in [0.15, 0.2) is 0 Å². The standard InChI is InChI=1S/C31H38F6N4O2/c1-19-14-25(32)6-7-27(19)28-18-26(40-12-10-39(11-13-40)21(3)42)8-9-41(28)29(43)38(5)20(2)22-15-23(30(4,33)34)17-24(16-22)31(35,36)37/h6-7,14-17,20,26,28H,8-13,18H2,1-5H3/t20-,26+,28-/m1/s1/i2D3,10D2,11D2,12D2,13D2. The number of piperazine rings is 1. The van der Waals surface area contributed by atoms with Crippen LogP contribution in [0.2, 0.25) is 0 Å². The van der Waals surface area contributed by atoms with Gasteiger partial charge in [-0.2, -0.15) is 13.2 Å². The van der Waals surface area contributed by atoms with Crippen molar-refractivity contribution in [2.75, 3.05) is 39.6 Å². The summed E-state index contributed by atoms with van der Waals surface area (Å²) in [5.74, 6) is -5.88. The van der Waals surface area contributed by atoms with Gasteiger partial charge in [-0.3, -0.25) is 9.69 Å². The van der Waals surface area contributed by atoms with Crippen LogP contribution in [0.1, 0.15) is 88.5 Å². The molecule has 0 bridgehead atoms. The van der Waals surface area contributed by atoms with Crippen LogP contribution in [0.15, 0.2) is 36.4 Å². The summed E-state index contributed by atoms with van der Waals surface area (Å²) in [4.78, 5) is 28.5. The Hall–Kier alpha value is -3.28. The van der Waals surface area contributed by atoms with E-state index in [1.54, 1.807) is 0 Å². The average Bonchev–Trinajstić information content (AvgIpc) is 2.97. The van der Waals surface area contributed by atoms with Gasteiger partial charge in [0.1, 0.15) is 5.82 Å². The first-order chi connectivity index (χ1) is 24.2. The van der Waals surface area contributed by atoms with E-state index in [2.05, 4.69) is 0 Å². The molecule has 0 radical (unpaired) electrons. The summed E-state index contributed by atoms with van der Waals surface area (Å²) >= 11 is 0. The molecule has 2 aliphatic rings. The number of amides is 3. The second-order valence-electron chi connectivity index (χ2n) is 10.6. The van der Waals surface area contributed by atoms with E-state index in [9.17, 15) is 35.9 Å². The second-order valence-corrected chi connectivity index (χ2v) is 10.6. The number of nitrogens with zero attached hydrogens (tertiary/aromatic N) is 4. The van der Waals surface area contributed by atoms with Gasteiger partial charge in [0, 0.05) is 74.6 Å². The van der Waals surface area contributed by atoms with E-state index in [1.165, 1.54) is 13.0 Å². The van der Waals surface area contributed by atoms with Crippen molar-refractivity contribution in [3.05, 3.63) is 70.0 Å². The third-order valence-corrected chi connectivity index (χ3v) is 7.45. The highest BCUT2D eigenvalue weighted by molar-refractivity contribution is 5.76. The van der Waals surface area contributed by atoms with Crippen LogP contribution in [0.3, 0.4) is 0 Å². The predicted molar refractivity (Wildman–Crippen MR) is 150 cm³/mol. The van der Waals surface area contributed by atoms with Crippen LogP contribution in [0.5, 0.6) is 0 Å². The lowest BCUT2D eigenvalue weighted by molar-refractivity contribution is -0.138. The molecule has 4 rings (SSSR count). The molecule has 6 nitrogen and oxygen atoms in total. The number of carbonyl (C=O) groups is 2. The first-order valence-corrected chi connectivity index (χ1v) is 13.2. The molecule has 3 amide bonds. The summed E-state index contributed by atoms with van der Waals surface area (Å²) in [6.07, 6.45) is -6.12. The lowest BCUT2D eigenvalue weighted by Gasteiger charge is -2.47. The minimum Gasteiger partial charge on any atom is -0.340 e. The third-order valence-electron chi connectivity index (χ3n) is 7.45. The number of urea groups is 1. The first kappa shape index (κ1) is 20.6. The number of halogens is 6. The van der Waals surface area contributed by atoms with Crippen LogP contribution in [0.25, 0.3) is 0 Å². The van der Waals surface area contributed by atoms with Crippen molar-refractivity contribution in [2.45, 2.75) is 70.7 Å². The van der Waals surface area contributed by atoms with Crippen LogP contribution in [-0.4, -0.2) is 77.2 Å². The molecular formula is C31H38F6N4O2. The molecule has 0 aromatic heterocycles. The number of aryl methyl sites for hydroxylation is 1. The topological polar surface area (TPSA) is 47.1 Å². The minimum atomic E-state index is -5.19. The SMILES string of the molecule is [2H]C([2H])([2H])[C@H](c1cc(C(C)(F)F)cc(C(F)(F)F)c1)N(C)C(=O)N1CC[C@H](N2C([2H])([2H])C([2H])([2H])N(C(C)=O)C([2H])([2H])C2([2H])[2H])C[C@@H]1c1ccc(F)cc1C. The monoisotopic (exact) mass is 623 g/mol. The van der Waals surface area contributed by atoms with Gasteiger partial charge < -0.3 is 14.7 Å². The van der Waals surface area contributed by atoms with E-state index >= 15 is 0 Å². The van der Waals surface area contributed by atoms with E-state index in [1.807, 2.05) is 0 Å². The van der Waals surface area contributed by atoms with Crippen molar-refractivity contribution in [3.63, 3.8) is 0 Å². The summed E-state index contributed by atoms with van der Waals surface area (Å²) in [5, 5.41) is 0. The molecule has 43 heavy (non-hydrogen) atoms. The Balaban J connectivity index is 1.86. The summed E-state index contributed by atoms with van der Waals surface area (Å²) < 4.78 is 178. The van der Waals surface area contributed by atoms with Crippen molar-refractivity contribution in [3.8, 4) is 0 Å². The smallest absolute Gasteiger partial charge is 0.340 e. The van der Waals surface area contributed by atoms with Crippen LogP contribution in [0.4, 0.5) is 31.1 Å². The molecule has 2 fully saturated rings. The molecule has 236 valence electrons. The van der Waals surface area contributed by atoms with Gasteiger partial charge in [0.2, 0.25) is 5.91 Å². The van der Waals surface area contributed by atoms with Gasteiger partial charge in [-0.25, -0.2) is 18.0 Å². The number of hydrogen-bond acceptors (Lipinski definition) is 3. The van der Waals surface area contributed by atoms with Gasteiger partial charge in [-0.05, 0) is 73.6 Å². The Kier molecular flexibility index (Phi) is 5.94. The fourth-order valence-electron chi connectivity index (χ4n) is 5.08. The summed E-state index contributed by atoms with van der Waals surface area (Å²) in [6.45, 7) is -15.1. The molecule has 0 saturated carbocycles. The lowest BCUT2D eigenvalue weighted by Crippen LogP contribution is -2.56. The minimum absolute atomic E-state index is 0.158. The van der Waals surface area contributed by atoms with Crippen molar-refractivity contribution in [1.29, 1.82) is 0 Å². The number of rotatable bonds is 5. The number of alkyl halides is 5. The zero-order valence-electron chi connectivity index (χ0n) is 34.7. The fraction of sp³-hybridized carbons (Fsp3) is 0.548. The Morgan fingerprint density at radius 2 is 1.70 bits per heavy atom. The highest BCUT2D eigenvalue weighted by Crippen LogP contribution is 2.39. The molecule has 0 spiro atoms. The number of piperidine rings is 1. The molecule has 0 N–H and O–H groups in total. The van der Waals surface area contributed by atoms with E-state index in [0.29, 0.717) is 28.9 Å². The zero-order chi connectivity index (χ0) is 41.5. The largest absolute Gasteiger partial charge is 0.416 e. The van der Waals surface area contributed by atoms with Crippen molar-refractivity contribution >= 4 is 11.9 Å². The number of benzene rings is 2. The van der Waals surface area contributed by atoms with Crippen LogP contribution >= 0.6 is 0 Å². The predicted octanol–water partition coefficient (Wildman–Crippen LogP) is 6.75. The van der Waals surface area contributed by atoms with Crippen molar-refractivity contribution < 1.29 is 51.0 Å². The van der Waals surface area contributed by atoms with Gasteiger partial charge >= 0.3 is 12.2 Å². The van der Waals surface area contributed by atoms with Crippen LogP contribution < -0.4 is 0 Å². The van der Waals surface area contributed by atoms with E-state index < -0.39 is 117 Å². The summed E-state index contributed by atoms with van der Waals surface area (Å²) in [5.41, 5.74) is -3.21. The quantitative estimate of drug-likeness (QED) is 0.347. The maximum absolute atomic E-state index is 14.4. The molecular weight excluding hydrogens is 574 g/mol. The molecule has 0 aliphatic carbocycles. The summed E-state index contributed by atoms with van der Waals surface area (Å²) in [7, 11) is 0.922. The summed E-state index contributed by atoms with van der Waals surface area (Å²) in [6, 6.07) is -1.85. The molecule has 2 saturated heterocycles. The molecule has 12 heteroatoms. The number of carbonyl (C=O) groups excluding carboxylic acids is 2. The lowest BCUT2D eigenvalue weighted by atomic mass is 9.88. The number of hydrogen-bond donors (Lipinski definition) is 0. The third kappa shape index (κ3) is 7.27. The van der Waals surface area contributed by atoms with E-state index in [-0.39, 0.29) is 22.1 Å². The molecule has 2 aliphatic heterocycles. The maximum Gasteiger partial charge on any atom is 0.416 e. The zero-order valence-corrected chi connectivity index (χ0v) is 23.7. The highest BCUT2D eigenvalue weighted by Gasteiger charge is 2.40. The normalized spacial score (nSPS) is 29.9. The van der Waals surface area contributed by atoms with E-state index in [4.69, 9.17) is 15.1 Å². The molecule has 0 unspecified atom stereocenters. The number of likely N-dealkylation sites (tertiary alicyclic amines) is 1. The van der Waals surface area contributed by atoms with Gasteiger partial charge in [-0.15, -0.1) is 0 Å². The van der Waals surface area contributed by atoms with Gasteiger partial charge in [0.25, 0.3) is 5.92 Å². The second kappa shape index (κ2) is 12.4. The average molecular weight is 624 g/mol. The van der Waals surface area contributed by atoms with Crippen molar-refractivity contribution in [1.82, 2.24) is 19.6 Å². The molecule has 2 heterocycles. The van der Waals surface area contributed by atoms with Gasteiger partial charge in [-0.1, -0.05) is 6.07 Å². The Labute approximate surface area is 263 Å². The fourth-order valence-corrected chi connectivity index (χ4v) is 5.08.